The van der Waals surface area contributed by atoms with Gasteiger partial charge >= 0.3 is 5.69 Å². The van der Waals surface area contributed by atoms with Crippen LogP contribution in [-0.2, 0) is 26.6 Å². The molecule has 5 rings (SSSR count). The minimum atomic E-state index is -0.353. The number of hydrogen-bond acceptors (Lipinski definition) is 5. The maximum absolute atomic E-state index is 13.4. The molecule has 0 saturated carbocycles. The van der Waals surface area contributed by atoms with Gasteiger partial charge in [-0.3, -0.25) is 13.9 Å². The molecule has 0 atom stereocenters. The minimum absolute atomic E-state index is 0.297. The monoisotopic (exact) mass is 417 g/mol. The number of nitrogens with zero attached hydrogens (tertiary/aromatic N) is 5. The molecular weight excluding hydrogens is 394 g/mol. The third kappa shape index (κ3) is 3.02. The number of aromatic nitrogens is 4. The van der Waals surface area contributed by atoms with Crippen molar-refractivity contribution < 1.29 is 4.74 Å². The summed E-state index contributed by atoms with van der Waals surface area (Å²) in [6.45, 7) is 1.60. The summed E-state index contributed by atoms with van der Waals surface area (Å²) in [5.41, 5.74) is 2.18. The highest BCUT2D eigenvalue weighted by Crippen LogP contribution is 2.36. The molecule has 0 amide bonds. The standard InChI is InChI=1S/C23H23N5O3/c1-25-20-19(21(29)28(23(25)30)13-12-16-8-4-3-5-9-16)27-15-14-26(22(27)24-20)17-10-6-7-11-18(17)31-2/h3-11H,12-15H2,1-2H3. The molecule has 8 heteroatoms. The fourth-order valence-corrected chi connectivity index (χ4v) is 4.24. The zero-order valence-corrected chi connectivity index (χ0v) is 17.5. The number of fused-ring (bicyclic) bond motifs is 3. The maximum atomic E-state index is 13.4. The zero-order chi connectivity index (χ0) is 21.5. The first-order valence-corrected chi connectivity index (χ1v) is 10.2. The summed E-state index contributed by atoms with van der Waals surface area (Å²) in [7, 11) is 3.30. The van der Waals surface area contributed by atoms with Crippen LogP contribution in [0.3, 0.4) is 0 Å². The lowest BCUT2D eigenvalue weighted by Gasteiger charge is -2.18. The van der Waals surface area contributed by atoms with Crippen molar-refractivity contribution in [2.75, 3.05) is 18.6 Å². The van der Waals surface area contributed by atoms with E-state index in [-0.39, 0.29) is 11.2 Å². The van der Waals surface area contributed by atoms with E-state index in [1.807, 2.05) is 64.1 Å². The molecule has 0 saturated heterocycles. The average Bonchev–Trinajstić information content (AvgIpc) is 3.38. The number of benzene rings is 2. The van der Waals surface area contributed by atoms with Gasteiger partial charge in [0.25, 0.3) is 5.56 Å². The normalized spacial score (nSPS) is 13.0. The molecule has 3 heterocycles. The van der Waals surface area contributed by atoms with Crippen LogP contribution in [0.2, 0.25) is 0 Å². The second-order valence-corrected chi connectivity index (χ2v) is 7.59. The van der Waals surface area contributed by atoms with Crippen LogP contribution in [0.4, 0.5) is 11.6 Å². The number of ether oxygens (including phenoxy) is 1. The van der Waals surface area contributed by atoms with Crippen LogP contribution in [0.25, 0.3) is 11.2 Å². The maximum Gasteiger partial charge on any atom is 0.332 e. The second-order valence-electron chi connectivity index (χ2n) is 7.59. The number of imidazole rings is 1. The molecule has 0 fully saturated rings. The summed E-state index contributed by atoms with van der Waals surface area (Å²) in [5, 5.41) is 0. The molecule has 0 radical (unpaired) electrons. The van der Waals surface area contributed by atoms with Crippen molar-refractivity contribution in [3.8, 4) is 5.75 Å². The van der Waals surface area contributed by atoms with E-state index in [1.165, 1.54) is 9.13 Å². The van der Waals surface area contributed by atoms with E-state index < -0.39 is 0 Å². The lowest BCUT2D eigenvalue weighted by atomic mass is 10.1. The highest BCUT2D eigenvalue weighted by Gasteiger charge is 2.29. The molecule has 1 aliphatic heterocycles. The van der Waals surface area contributed by atoms with Crippen LogP contribution < -0.4 is 20.9 Å². The molecule has 2 aromatic heterocycles. The first-order valence-electron chi connectivity index (χ1n) is 10.2. The van der Waals surface area contributed by atoms with Gasteiger partial charge in [-0.2, -0.15) is 4.98 Å². The highest BCUT2D eigenvalue weighted by atomic mass is 16.5. The van der Waals surface area contributed by atoms with Gasteiger partial charge in [0.2, 0.25) is 5.95 Å². The predicted molar refractivity (Wildman–Crippen MR) is 119 cm³/mol. The number of rotatable bonds is 5. The van der Waals surface area contributed by atoms with Crippen LogP contribution in [0.1, 0.15) is 5.56 Å². The molecular formula is C23H23N5O3. The van der Waals surface area contributed by atoms with Crippen molar-refractivity contribution in [2.24, 2.45) is 7.05 Å². The smallest absolute Gasteiger partial charge is 0.332 e. The molecule has 0 aliphatic carbocycles. The average molecular weight is 417 g/mol. The largest absolute Gasteiger partial charge is 0.495 e. The molecule has 0 spiro atoms. The third-order valence-electron chi connectivity index (χ3n) is 5.84. The number of aryl methyl sites for hydroxylation is 2. The number of anilines is 2. The third-order valence-corrected chi connectivity index (χ3v) is 5.84. The lowest BCUT2D eigenvalue weighted by Crippen LogP contribution is -2.40. The van der Waals surface area contributed by atoms with Crippen molar-refractivity contribution in [3.63, 3.8) is 0 Å². The van der Waals surface area contributed by atoms with E-state index in [2.05, 4.69) is 0 Å². The van der Waals surface area contributed by atoms with Crippen LogP contribution in [0.15, 0.2) is 64.2 Å². The SMILES string of the molecule is COc1ccccc1N1CCn2c1nc1c2c(=O)n(CCc2ccccc2)c(=O)n1C. The Morgan fingerprint density at radius 2 is 1.74 bits per heavy atom. The second kappa shape index (κ2) is 7.46. The van der Waals surface area contributed by atoms with E-state index in [4.69, 9.17) is 9.72 Å². The van der Waals surface area contributed by atoms with Crippen molar-refractivity contribution in [1.29, 1.82) is 0 Å². The van der Waals surface area contributed by atoms with Crippen molar-refractivity contribution in [1.82, 2.24) is 18.7 Å². The van der Waals surface area contributed by atoms with Crippen molar-refractivity contribution in [2.45, 2.75) is 19.5 Å². The molecule has 2 aromatic carbocycles. The Morgan fingerprint density at radius 1 is 1.00 bits per heavy atom. The van der Waals surface area contributed by atoms with E-state index in [0.717, 1.165) is 17.0 Å². The summed E-state index contributed by atoms with van der Waals surface area (Å²) in [6.07, 6.45) is 0.607. The molecule has 158 valence electrons. The summed E-state index contributed by atoms with van der Waals surface area (Å²) in [5.74, 6) is 1.38. The highest BCUT2D eigenvalue weighted by molar-refractivity contribution is 5.79. The Hall–Kier alpha value is -3.81. The summed E-state index contributed by atoms with van der Waals surface area (Å²) in [4.78, 5) is 33.0. The van der Waals surface area contributed by atoms with Gasteiger partial charge < -0.3 is 14.2 Å². The Labute approximate surface area is 178 Å². The summed E-state index contributed by atoms with van der Waals surface area (Å²) in [6, 6.07) is 17.6. The van der Waals surface area contributed by atoms with Crippen molar-refractivity contribution >= 4 is 22.8 Å². The van der Waals surface area contributed by atoms with Gasteiger partial charge in [-0.15, -0.1) is 0 Å². The Kier molecular flexibility index (Phi) is 4.62. The summed E-state index contributed by atoms with van der Waals surface area (Å²) < 4.78 is 10.2. The quantitative estimate of drug-likeness (QED) is 0.498. The predicted octanol–water partition coefficient (Wildman–Crippen LogP) is 2.30. The molecule has 31 heavy (non-hydrogen) atoms. The number of hydrogen-bond donors (Lipinski definition) is 0. The minimum Gasteiger partial charge on any atom is -0.495 e. The van der Waals surface area contributed by atoms with Gasteiger partial charge in [0.05, 0.1) is 12.8 Å². The molecule has 0 N–H and O–H groups in total. The van der Waals surface area contributed by atoms with E-state index >= 15 is 0 Å². The first-order chi connectivity index (χ1) is 15.1. The van der Waals surface area contributed by atoms with E-state index in [0.29, 0.717) is 43.2 Å². The van der Waals surface area contributed by atoms with Gasteiger partial charge in [0.15, 0.2) is 11.2 Å². The topological polar surface area (TPSA) is 74.3 Å². The van der Waals surface area contributed by atoms with Crippen molar-refractivity contribution in [3.05, 3.63) is 81.0 Å². The Morgan fingerprint density at radius 3 is 2.52 bits per heavy atom. The van der Waals surface area contributed by atoms with Crippen LogP contribution in [-0.4, -0.2) is 32.3 Å². The fourth-order valence-electron chi connectivity index (χ4n) is 4.24. The van der Waals surface area contributed by atoms with Crippen LogP contribution >= 0.6 is 0 Å². The molecule has 4 aromatic rings. The Balaban J connectivity index is 1.62. The fraction of sp³-hybridized carbons (Fsp3) is 0.261. The van der Waals surface area contributed by atoms with E-state index in [1.54, 1.807) is 14.2 Å². The lowest BCUT2D eigenvalue weighted by molar-refractivity contribution is 0.415. The van der Waals surface area contributed by atoms with Crippen LogP contribution in [0, 0.1) is 0 Å². The Bertz CT molecular complexity index is 1380. The molecule has 0 bridgehead atoms. The van der Waals surface area contributed by atoms with E-state index in [9.17, 15) is 9.59 Å². The van der Waals surface area contributed by atoms with Crippen LogP contribution in [0.5, 0.6) is 5.75 Å². The molecule has 0 unspecified atom stereocenters. The number of para-hydroxylation sites is 2. The van der Waals surface area contributed by atoms with Gasteiger partial charge in [0.1, 0.15) is 5.75 Å². The summed E-state index contributed by atoms with van der Waals surface area (Å²) >= 11 is 0. The first kappa shape index (κ1) is 19.2. The zero-order valence-electron chi connectivity index (χ0n) is 17.5. The van der Waals surface area contributed by atoms with Gasteiger partial charge in [-0.1, -0.05) is 42.5 Å². The van der Waals surface area contributed by atoms with Gasteiger partial charge in [0, 0.05) is 26.7 Å². The number of methoxy groups -OCH3 is 1. The molecule has 1 aliphatic rings. The van der Waals surface area contributed by atoms with Gasteiger partial charge in [-0.05, 0) is 24.1 Å². The van der Waals surface area contributed by atoms with Gasteiger partial charge in [-0.25, -0.2) is 4.79 Å². The molecule has 8 nitrogen and oxygen atoms in total.